The summed E-state index contributed by atoms with van der Waals surface area (Å²) in [5.41, 5.74) is -0.159. The number of benzene rings is 1. The van der Waals surface area contributed by atoms with Crippen LogP contribution < -0.4 is 4.74 Å². The molecule has 3 heteroatoms. The van der Waals surface area contributed by atoms with Gasteiger partial charge in [-0.3, -0.25) is 0 Å². The van der Waals surface area contributed by atoms with E-state index in [9.17, 15) is 0 Å². The molecule has 1 aromatic rings. The first kappa shape index (κ1) is 11.1. The van der Waals surface area contributed by atoms with E-state index in [1.165, 1.54) is 0 Å². The predicted octanol–water partition coefficient (Wildman–Crippen LogP) is 4.00. The Morgan fingerprint density at radius 3 is 2.23 bits per heavy atom. The molecule has 13 heavy (non-hydrogen) atoms. The summed E-state index contributed by atoms with van der Waals surface area (Å²) in [6.45, 7) is 4.09. The van der Waals surface area contributed by atoms with Crippen molar-refractivity contribution < 1.29 is 4.74 Å². The molecule has 0 saturated carbocycles. The molecule has 0 aliphatic heterocycles. The number of halogens is 2. The van der Waals surface area contributed by atoms with Crippen LogP contribution in [0.4, 0.5) is 0 Å². The monoisotopic (exact) mass is 306 g/mol. The van der Waals surface area contributed by atoms with Gasteiger partial charge in [0, 0.05) is 9.80 Å². The van der Waals surface area contributed by atoms with E-state index in [-0.39, 0.29) is 5.60 Å². The van der Waals surface area contributed by atoms with E-state index < -0.39 is 0 Å². The van der Waals surface area contributed by atoms with Crippen LogP contribution in [0.15, 0.2) is 28.7 Å². The Hall–Kier alpha value is -0.0200. The van der Waals surface area contributed by atoms with Gasteiger partial charge in [0.15, 0.2) is 0 Å². The SMILES string of the molecule is CC(C)(CBr)Oc1ccc(Br)cc1. The number of ether oxygens (including phenoxy) is 1. The maximum Gasteiger partial charge on any atom is 0.120 e. The zero-order chi connectivity index (χ0) is 9.90. The van der Waals surface area contributed by atoms with Gasteiger partial charge >= 0.3 is 0 Å². The summed E-state index contributed by atoms with van der Waals surface area (Å²) in [6, 6.07) is 7.85. The van der Waals surface area contributed by atoms with Crippen molar-refractivity contribution in [2.24, 2.45) is 0 Å². The van der Waals surface area contributed by atoms with Gasteiger partial charge in [0.05, 0.1) is 0 Å². The largest absolute Gasteiger partial charge is 0.487 e. The number of rotatable bonds is 3. The van der Waals surface area contributed by atoms with Gasteiger partial charge in [0.2, 0.25) is 0 Å². The van der Waals surface area contributed by atoms with Crippen molar-refractivity contribution in [3.05, 3.63) is 28.7 Å². The Bertz CT molecular complexity index is 267. The van der Waals surface area contributed by atoms with Crippen molar-refractivity contribution in [3.8, 4) is 5.75 Å². The van der Waals surface area contributed by atoms with E-state index >= 15 is 0 Å². The number of hydrogen-bond donors (Lipinski definition) is 0. The maximum absolute atomic E-state index is 5.74. The molecule has 0 aliphatic carbocycles. The quantitative estimate of drug-likeness (QED) is 0.767. The van der Waals surface area contributed by atoms with Crippen LogP contribution in [-0.2, 0) is 0 Å². The lowest BCUT2D eigenvalue weighted by molar-refractivity contribution is 0.137. The van der Waals surface area contributed by atoms with Crippen LogP contribution in [-0.4, -0.2) is 10.9 Å². The average molecular weight is 308 g/mol. The molecule has 0 radical (unpaired) electrons. The number of alkyl halides is 1. The Labute approximate surface area is 95.7 Å². The highest BCUT2D eigenvalue weighted by atomic mass is 79.9. The second-order valence-electron chi connectivity index (χ2n) is 3.45. The van der Waals surface area contributed by atoms with Crippen LogP contribution in [0.3, 0.4) is 0 Å². The number of hydrogen-bond acceptors (Lipinski definition) is 1. The van der Waals surface area contributed by atoms with Crippen molar-refractivity contribution in [2.75, 3.05) is 5.33 Å². The molecule has 1 nitrogen and oxygen atoms in total. The minimum absolute atomic E-state index is 0.159. The van der Waals surface area contributed by atoms with Gasteiger partial charge in [-0.1, -0.05) is 31.9 Å². The third-order valence-electron chi connectivity index (χ3n) is 1.53. The summed E-state index contributed by atoms with van der Waals surface area (Å²) in [4.78, 5) is 0. The first-order valence-corrected chi connectivity index (χ1v) is 5.95. The summed E-state index contributed by atoms with van der Waals surface area (Å²) in [7, 11) is 0. The first-order valence-electron chi connectivity index (χ1n) is 4.04. The Morgan fingerprint density at radius 1 is 1.23 bits per heavy atom. The summed E-state index contributed by atoms with van der Waals surface area (Å²) < 4.78 is 6.80. The molecule has 0 atom stereocenters. The fraction of sp³-hybridized carbons (Fsp3) is 0.400. The molecule has 0 bridgehead atoms. The second-order valence-corrected chi connectivity index (χ2v) is 4.93. The zero-order valence-corrected chi connectivity index (χ0v) is 10.9. The molecule has 0 unspecified atom stereocenters. The Balaban J connectivity index is 2.69. The molecular formula is C10H12Br2O. The molecule has 0 aliphatic rings. The van der Waals surface area contributed by atoms with Crippen LogP contribution in [0.5, 0.6) is 5.75 Å². The van der Waals surface area contributed by atoms with E-state index in [0.29, 0.717) is 0 Å². The topological polar surface area (TPSA) is 9.23 Å². The van der Waals surface area contributed by atoms with Crippen LogP contribution in [0.1, 0.15) is 13.8 Å². The van der Waals surface area contributed by atoms with Gasteiger partial charge in [-0.25, -0.2) is 0 Å². The van der Waals surface area contributed by atoms with Gasteiger partial charge in [-0.2, -0.15) is 0 Å². The van der Waals surface area contributed by atoms with E-state index in [0.717, 1.165) is 15.6 Å². The van der Waals surface area contributed by atoms with Gasteiger partial charge < -0.3 is 4.74 Å². The molecule has 0 aromatic heterocycles. The third-order valence-corrected chi connectivity index (χ3v) is 3.41. The van der Waals surface area contributed by atoms with Gasteiger partial charge in [0.25, 0.3) is 0 Å². The highest BCUT2D eigenvalue weighted by Crippen LogP contribution is 2.21. The van der Waals surface area contributed by atoms with E-state index in [1.54, 1.807) is 0 Å². The lowest BCUT2D eigenvalue weighted by atomic mass is 10.2. The molecule has 0 fully saturated rings. The molecule has 0 N–H and O–H groups in total. The van der Waals surface area contributed by atoms with Gasteiger partial charge in [-0.15, -0.1) is 0 Å². The van der Waals surface area contributed by atoms with Crippen LogP contribution >= 0.6 is 31.9 Å². The highest BCUT2D eigenvalue weighted by Gasteiger charge is 2.17. The maximum atomic E-state index is 5.74. The smallest absolute Gasteiger partial charge is 0.120 e. The highest BCUT2D eigenvalue weighted by molar-refractivity contribution is 9.10. The molecule has 0 amide bonds. The predicted molar refractivity (Wildman–Crippen MR) is 62.6 cm³/mol. The lowest BCUT2D eigenvalue weighted by Crippen LogP contribution is -2.29. The Morgan fingerprint density at radius 2 is 1.77 bits per heavy atom. The standard InChI is InChI=1S/C10H12Br2O/c1-10(2,7-11)13-9-5-3-8(12)4-6-9/h3-6H,7H2,1-2H3. The normalized spacial score (nSPS) is 11.4. The average Bonchev–Trinajstić information content (AvgIpc) is 2.09. The molecule has 72 valence electrons. The molecular weight excluding hydrogens is 296 g/mol. The summed E-state index contributed by atoms with van der Waals surface area (Å²) in [5, 5.41) is 0.816. The van der Waals surface area contributed by atoms with Crippen molar-refractivity contribution in [3.63, 3.8) is 0 Å². The Kier molecular flexibility index (Phi) is 3.80. The van der Waals surface area contributed by atoms with Crippen molar-refractivity contribution in [2.45, 2.75) is 19.4 Å². The third kappa shape index (κ3) is 3.69. The van der Waals surface area contributed by atoms with Crippen LogP contribution in [0.25, 0.3) is 0 Å². The minimum Gasteiger partial charge on any atom is -0.487 e. The second kappa shape index (κ2) is 4.47. The van der Waals surface area contributed by atoms with Crippen molar-refractivity contribution >= 4 is 31.9 Å². The van der Waals surface area contributed by atoms with Gasteiger partial charge in [-0.05, 0) is 38.1 Å². The molecule has 0 saturated heterocycles. The van der Waals surface area contributed by atoms with E-state index in [2.05, 4.69) is 31.9 Å². The fourth-order valence-corrected chi connectivity index (χ4v) is 1.23. The van der Waals surface area contributed by atoms with Crippen molar-refractivity contribution in [1.82, 2.24) is 0 Å². The molecule has 0 spiro atoms. The van der Waals surface area contributed by atoms with Crippen LogP contribution in [0, 0.1) is 0 Å². The summed E-state index contributed by atoms with van der Waals surface area (Å²) in [5.74, 6) is 0.896. The van der Waals surface area contributed by atoms with E-state index in [1.807, 2.05) is 38.1 Å². The van der Waals surface area contributed by atoms with E-state index in [4.69, 9.17) is 4.74 Å². The zero-order valence-electron chi connectivity index (χ0n) is 7.68. The summed E-state index contributed by atoms with van der Waals surface area (Å²) in [6.07, 6.45) is 0. The summed E-state index contributed by atoms with van der Waals surface area (Å²) >= 11 is 6.79. The van der Waals surface area contributed by atoms with Crippen molar-refractivity contribution in [1.29, 1.82) is 0 Å². The molecule has 1 rings (SSSR count). The first-order chi connectivity index (χ1) is 6.03. The van der Waals surface area contributed by atoms with Gasteiger partial charge in [0.1, 0.15) is 11.4 Å². The fourth-order valence-electron chi connectivity index (χ4n) is 0.849. The molecule has 0 heterocycles. The van der Waals surface area contributed by atoms with Crippen LogP contribution in [0.2, 0.25) is 0 Å². The minimum atomic E-state index is -0.159. The molecule has 1 aromatic carbocycles. The lowest BCUT2D eigenvalue weighted by Gasteiger charge is -2.23.